The maximum atomic E-state index is 12.5. The summed E-state index contributed by atoms with van der Waals surface area (Å²) in [5, 5.41) is 15.6. The number of thioether (sulfide) groups is 1. The summed E-state index contributed by atoms with van der Waals surface area (Å²) < 4.78 is 16.7. The first kappa shape index (κ1) is 22.6. The van der Waals surface area contributed by atoms with Crippen LogP contribution in [0.1, 0.15) is 19.4 Å². The van der Waals surface area contributed by atoms with E-state index in [4.69, 9.17) is 19.6 Å². The van der Waals surface area contributed by atoms with Crippen LogP contribution >= 0.6 is 11.8 Å². The Balaban J connectivity index is 1.36. The second kappa shape index (κ2) is 9.91. The Morgan fingerprint density at radius 1 is 1.06 bits per heavy atom. The summed E-state index contributed by atoms with van der Waals surface area (Å²) in [5.41, 5.74) is 0.964. The van der Waals surface area contributed by atoms with E-state index in [0.29, 0.717) is 35.6 Å². The van der Waals surface area contributed by atoms with Gasteiger partial charge in [-0.1, -0.05) is 38.1 Å². The Morgan fingerprint density at radius 2 is 1.76 bits per heavy atom. The van der Waals surface area contributed by atoms with E-state index in [1.165, 1.54) is 16.8 Å². The maximum absolute atomic E-state index is 12.5. The highest BCUT2D eigenvalue weighted by Crippen LogP contribution is 2.31. The van der Waals surface area contributed by atoms with Crippen LogP contribution in [0.15, 0.2) is 64.2 Å². The van der Waals surface area contributed by atoms with Crippen LogP contribution in [0, 0.1) is 11.3 Å². The van der Waals surface area contributed by atoms with E-state index in [9.17, 15) is 4.79 Å². The number of amidine groups is 2. The molecule has 1 N–H and O–H groups in total. The molecular formula is C24H24N4O4S. The fraction of sp³-hybridized carbons (Fsp3) is 0.250. The van der Waals surface area contributed by atoms with Gasteiger partial charge in [-0.15, -0.1) is 0 Å². The molecule has 0 radical (unpaired) electrons. The topological polar surface area (TPSA) is 96.6 Å². The minimum atomic E-state index is -0.437. The average molecular weight is 465 g/mol. The summed E-state index contributed by atoms with van der Waals surface area (Å²) in [7, 11) is 1.60. The maximum Gasteiger partial charge on any atom is 0.283 e. The molecule has 2 aromatic carbocycles. The number of para-hydroxylation sites is 2. The number of ether oxygens (including phenoxy) is 3. The number of aliphatic imine (C=N–C) groups is 1. The van der Waals surface area contributed by atoms with Crippen molar-refractivity contribution in [1.82, 2.24) is 5.01 Å². The zero-order valence-electron chi connectivity index (χ0n) is 18.6. The predicted octanol–water partition coefficient (Wildman–Crippen LogP) is 4.43. The Morgan fingerprint density at radius 3 is 2.45 bits per heavy atom. The number of methoxy groups -OCH3 is 1. The minimum Gasteiger partial charge on any atom is -0.493 e. The number of hydrogen-bond acceptors (Lipinski definition) is 7. The molecule has 2 aliphatic rings. The standard InChI is InChI=1S/C24H24N4O4S/c1-15(2)23-27-28-21(25)18(22(29)26-24(28)33-23)14-16-8-10-17(11-9-16)31-12-13-32-20-7-5-4-6-19(20)30-3/h4-11,14-15,25H,12-13H2,1-3H3. The first-order valence-corrected chi connectivity index (χ1v) is 11.3. The van der Waals surface area contributed by atoms with Crippen molar-refractivity contribution in [3.05, 3.63) is 59.7 Å². The molecule has 9 heteroatoms. The van der Waals surface area contributed by atoms with Crippen molar-refractivity contribution in [1.29, 1.82) is 5.41 Å². The van der Waals surface area contributed by atoms with E-state index in [2.05, 4.69) is 10.1 Å². The lowest BCUT2D eigenvalue weighted by atomic mass is 10.1. The van der Waals surface area contributed by atoms with Gasteiger partial charge >= 0.3 is 0 Å². The van der Waals surface area contributed by atoms with Crippen LogP contribution in [-0.2, 0) is 4.79 Å². The largest absolute Gasteiger partial charge is 0.493 e. The molecule has 0 atom stereocenters. The number of nitrogens with one attached hydrogen (secondary N) is 1. The summed E-state index contributed by atoms with van der Waals surface area (Å²) >= 11 is 1.33. The molecule has 0 aromatic heterocycles. The number of hydrazone groups is 1. The Bertz CT molecular complexity index is 1160. The van der Waals surface area contributed by atoms with Crippen molar-refractivity contribution >= 4 is 39.8 Å². The van der Waals surface area contributed by atoms with Crippen LogP contribution in [0.4, 0.5) is 0 Å². The summed E-state index contributed by atoms with van der Waals surface area (Å²) in [5.74, 6) is 1.80. The number of fused-ring (bicyclic) bond motifs is 1. The fourth-order valence-electron chi connectivity index (χ4n) is 3.12. The monoisotopic (exact) mass is 464 g/mol. The van der Waals surface area contributed by atoms with Crippen LogP contribution in [0.5, 0.6) is 17.2 Å². The molecule has 0 aliphatic carbocycles. The van der Waals surface area contributed by atoms with Crippen molar-refractivity contribution in [2.24, 2.45) is 16.0 Å². The lowest BCUT2D eigenvalue weighted by Crippen LogP contribution is -2.35. The van der Waals surface area contributed by atoms with E-state index in [1.807, 2.05) is 62.4 Å². The molecule has 2 aromatic rings. The molecule has 1 amide bonds. The summed E-state index contributed by atoms with van der Waals surface area (Å²) in [6, 6.07) is 14.7. The Kier molecular flexibility index (Phi) is 6.79. The zero-order valence-corrected chi connectivity index (χ0v) is 19.4. The number of benzene rings is 2. The third kappa shape index (κ3) is 5.09. The summed E-state index contributed by atoms with van der Waals surface area (Å²) in [6.07, 6.45) is 1.65. The molecular weight excluding hydrogens is 440 g/mol. The molecule has 0 fully saturated rings. The van der Waals surface area contributed by atoms with Crippen molar-refractivity contribution in [3.8, 4) is 17.2 Å². The van der Waals surface area contributed by atoms with Gasteiger partial charge in [0, 0.05) is 5.92 Å². The molecule has 2 aliphatic heterocycles. The van der Waals surface area contributed by atoms with Gasteiger partial charge in [-0.05, 0) is 47.7 Å². The van der Waals surface area contributed by atoms with Gasteiger partial charge in [0.1, 0.15) is 24.0 Å². The lowest BCUT2D eigenvalue weighted by molar-refractivity contribution is -0.114. The zero-order chi connectivity index (χ0) is 23.4. The first-order chi connectivity index (χ1) is 16.0. The van der Waals surface area contributed by atoms with Crippen molar-refractivity contribution < 1.29 is 19.0 Å². The van der Waals surface area contributed by atoms with E-state index in [0.717, 1.165) is 10.6 Å². The van der Waals surface area contributed by atoms with Gasteiger partial charge in [-0.2, -0.15) is 15.1 Å². The van der Waals surface area contributed by atoms with E-state index < -0.39 is 5.91 Å². The molecule has 4 rings (SSSR count). The number of rotatable bonds is 8. The van der Waals surface area contributed by atoms with Gasteiger partial charge in [0.2, 0.25) is 5.17 Å². The van der Waals surface area contributed by atoms with Gasteiger partial charge in [-0.25, -0.2) is 0 Å². The van der Waals surface area contributed by atoms with E-state index in [1.54, 1.807) is 13.2 Å². The highest BCUT2D eigenvalue weighted by Gasteiger charge is 2.36. The first-order valence-electron chi connectivity index (χ1n) is 10.4. The molecule has 2 heterocycles. The summed E-state index contributed by atoms with van der Waals surface area (Å²) in [4.78, 5) is 16.6. The summed E-state index contributed by atoms with van der Waals surface area (Å²) in [6.45, 7) is 4.76. The van der Waals surface area contributed by atoms with Gasteiger partial charge in [0.05, 0.1) is 12.7 Å². The second-order valence-electron chi connectivity index (χ2n) is 7.53. The van der Waals surface area contributed by atoms with Crippen LogP contribution in [0.25, 0.3) is 6.08 Å². The fourth-order valence-corrected chi connectivity index (χ4v) is 4.01. The van der Waals surface area contributed by atoms with E-state index >= 15 is 0 Å². The smallest absolute Gasteiger partial charge is 0.283 e. The minimum absolute atomic E-state index is 0.0296. The molecule has 0 saturated heterocycles. The number of amides is 1. The third-order valence-corrected chi connectivity index (χ3v) is 6.04. The number of nitrogens with zero attached hydrogens (tertiary/aromatic N) is 3. The highest BCUT2D eigenvalue weighted by molar-refractivity contribution is 8.27. The van der Waals surface area contributed by atoms with Crippen LogP contribution in [0.2, 0.25) is 0 Å². The average Bonchev–Trinajstić information content (AvgIpc) is 3.25. The third-order valence-electron chi connectivity index (χ3n) is 4.83. The quantitative estimate of drug-likeness (QED) is 0.459. The van der Waals surface area contributed by atoms with Crippen molar-refractivity contribution in [2.75, 3.05) is 20.3 Å². The molecule has 0 saturated carbocycles. The predicted molar refractivity (Wildman–Crippen MR) is 130 cm³/mol. The van der Waals surface area contributed by atoms with Crippen LogP contribution in [0.3, 0.4) is 0 Å². The van der Waals surface area contributed by atoms with Gasteiger partial charge in [0.15, 0.2) is 17.3 Å². The van der Waals surface area contributed by atoms with Crippen molar-refractivity contribution in [2.45, 2.75) is 13.8 Å². The van der Waals surface area contributed by atoms with Crippen molar-refractivity contribution in [3.63, 3.8) is 0 Å². The molecule has 8 nitrogen and oxygen atoms in total. The lowest BCUT2D eigenvalue weighted by Gasteiger charge is -2.20. The second-order valence-corrected chi connectivity index (χ2v) is 8.52. The normalized spacial score (nSPS) is 16.6. The van der Waals surface area contributed by atoms with Crippen LogP contribution < -0.4 is 14.2 Å². The molecule has 0 spiro atoms. The van der Waals surface area contributed by atoms with Gasteiger partial charge < -0.3 is 14.2 Å². The highest BCUT2D eigenvalue weighted by atomic mass is 32.2. The Hall–Kier alpha value is -3.59. The van der Waals surface area contributed by atoms with E-state index in [-0.39, 0.29) is 17.3 Å². The Labute approximate surface area is 196 Å². The molecule has 170 valence electrons. The number of hydrogen-bond donors (Lipinski definition) is 1. The number of carbonyl (C=O) groups excluding carboxylic acids is 1. The molecule has 0 bridgehead atoms. The van der Waals surface area contributed by atoms with Crippen LogP contribution in [-0.4, -0.2) is 47.3 Å². The molecule has 0 unspecified atom stereocenters. The number of carbonyl (C=O) groups is 1. The SMILES string of the molecule is COc1ccccc1OCCOc1ccc(C=C2C(=N)N3N=C(C(C)C)SC3=NC2=O)cc1. The van der Waals surface area contributed by atoms with Gasteiger partial charge in [-0.3, -0.25) is 10.2 Å². The molecule has 33 heavy (non-hydrogen) atoms. The van der Waals surface area contributed by atoms with Gasteiger partial charge in [0.25, 0.3) is 5.91 Å².